The average molecular weight is 237 g/mol. The second-order valence-electron chi connectivity index (χ2n) is 4.04. The van der Waals surface area contributed by atoms with Gasteiger partial charge >= 0.3 is 0 Å². The molecule has 1 unspecified atom stereocenters. The van der Waals surface area contributed by atoms with Crippen molar-refractivity contribution >= 4 is 0 Å². The third-order valence-electron chi connectivity index (χ3n) is 2.45. The van der Waals surface area contributed by atoms with Crippen LogP contribution >= 0.6 is 0 Å². The highest BCUT2D eigenvalue weighted by molar-refractivity contribution is 5.21. The zero-order valence-corrected chi connectivity index (χ0v) is 9.82. The molecule has 1 rings (SSSR count). The number of halogens is 1. The van der Waals surface area contributed by atoms with E-state index in [0.717, 1.165) is 0 Å². The van der Waals surface area contributed by atoms with Crippen LogP contribution in [0.15, 0.2) is 24.3 Å². The summed E-state index contributed by atoms with van der Waals surface area (Å²) in [5, 5.41) is 17.7. The first-order valence-corrected chi connectivity index (χ1v) is 5.51. The molecule has 0 saturated heterocycles. The minimum atomic E-state index is -1.06. The fraction of sp³-hybridized carbons (Fsp3) is 0.462. The van der Waals surface area contributed by atoms with E-state index in [9.17, 15) is 4.39 Å². The van der Waals surface area contributed by atoms with Gasteiger partial charge in [-0.05, 0) is 25.0 Å². The topological polar surface area (TPSA) is 53.2 Å². The number of hydrogen-bond acceptors (Lipinski definition) is 3. The smallest absolute Gasteiger partial charge is 0.155 e. The van der Waals surface area contributed by atoms with E-state index in [-0.39, 0.29) is 25.5 Å². The molecule has 1 atom stereocenters. The molecule has 0 fully saturated rings. The second-order valence-corrected chi connectivity index (χ2v) is 4.04. The first-order valence-electron chi connectivity index (χ1n) is 5.51. The average Bonchev–Trinajstić information content (AvgIpc) is 2.33. The Morgan fingerprint density at radius 3 is 2.76 bits per heavy atom. The van der Waals surface area contributed by atoms with Gasteiger partial charge in [-0.25, -0.2) is 4.39 Å². The Balaban J connectivity index is 2.69. The Morgan fingerprint density at radius 1 is 1.47 bits per heavy atom. The number of benzene rings is 1. The maximum atomic E-state index is 13.4. The van der Waals surface area contributed by atoms with Crippen LogP contribution in [-0.2, 0) is 11.2 Å². The summed E-state index contributed by atoms with van der Waals surface area (Å²) >= 11 is 0. The lowest BCUT2D eigenvalue weighted by atomic mass is 9.97. The first-order chi connectivity index (χ1) is 8.11. The lowest BCUT2D eigenvalue weighted by molar-refractivity contribution is 0.00468. The van der Waals surface area contributed by atoms with E-state index in [2.05, 4.69) is 0 Å². The molecule has 0 bridgehead atoms. The number of ether oxygens (including phenoxy) is 1. The van der Waals surface area contributed by atoms with Crippen molar-refractivity contribution in [3.8, 4) is 6.07 Å². The van der Waals surface area contributed by atoms with Crippen LogP contribution in [0, 0.1) is 17.1 Å². The van der Waals surface area contributed by atoms with Crippen molar-refractivity contribution in [1.29, 1.82) is 5.26 Å². The number of rotatable bonds is 6. The predicted octanol–water partition coefficient (Wildman–Crippen LogP) is 2.05. The van der Waals surface area contributed by atoms with Gasteiger partial charge in [0.1, 0.15) is 5.82 Å². The van der Waals surface area contributed by atoms with Gasteiger partial charge in [-0.15, -0.1) is 0 Å². The highest BCUT2D eigenvalue weighted by Crippen LogP contribution is 2.19. The molecule has 17 heavy (non-hydrogen) atoms. The SMILES string of the molecule is CC(C#N)(Cc1ccccc1F)OCCCO. The summed E-state index contributed by atoms with van der Waals surface area (Å²) in [5.41, 5.74) is -0.599. The van der Waals surface area contributed by atoms with E-state index in [4.69, 9.17) is 15.1 Å². The maximum absolute atomic E-state index is 13.4. The normalized spacial score (nSPS) is 14.0. The van der Waals surface area contributed by atoms with Crippen LogP contribution in [0.4, 0.5) is 4.39 Å². The molecule has 0 amide bonds. The largest absolute Gasteiger partial charge is 0.396 e. The van der Waals surface area contributed by atoms with Gasteiger partial charge in [0.05, 0.1) is 12.7 Å². The lowest BCUT2D eigenvalue weighted by Gasteiger charge is -2.22. The summed E-state index contributed by atoms with van der Waals surface area (Å²) in [6.07, 6.45) is 0.663. The van der Waals surface area contributed by atoms with Crippen LogP contribution in [0.5, 0.6) is 0 Å². The number of nitrogens with zero attached hydrogens (tertiary/aromatic N) is 1. The minimum Gasteiger partial charge on any atom is -0.396 e. The standard InChI is InChI=1S/C13H16FNO2/c1-13(10-15,17-8-4-7-16)9-11-5-2-3-6-12(11)14/h2-3,5-6,16H,4,7-9H2,1H3. The van der Waals surface area contributed by atoms with Gasteiger partial charge in [0.25, 0.3) is 0 Å². The molecule has 1 aromatic rings. The van der Waals surface area contributed by atoms with Gasteiger partial charge in [0.15, 0.2) is 5.60 Å². The Morgan fingerprint density at radius 2 is 2.18 bits per heavy atom. The van der Waals surface area contributed by atoms with Gasteiger partial charge in [-0.1, -0.05) is 18.2 Å². The monoisotopic (exact) mass is 237 g/mol. The quantitative estimate of drug-likeness (QED) is 0.770. The molecule has 0 aliphatic carbocycles. The van der Waals surface area contributed by atoms with Crippen molar-refractivity contribution in [2.24, 2.45) is 0 Å². The summed E-state index contributed by atoms with van der Waals surface area (Å²) in [7, 11) is 0. The van der Waals surface area contributed by atoms with Gasteiger partial charge in [-0.3, -0.25) is 0 Å². The van der Waals surface area contributed by atoms with Crippen molar-refractivity contribution in [1.82, 2.24) is 0 Å². The zero-order valence-electron chi connectivity index (χ0n) is 9.82. The fourth-order valence-electron chi connectivity index (χ4n) is 1.49. The third-order valence-corrected chi connectivity index (χ3v) is 2.45. The molecular formula is C13H16FNO2. The molecule has 1 aromatic carbocycles. The summed E-state index contributed by atoms with van der Waals surface area (Å²) in [6.45, 7) is 1.92. The van der Waals surface area contributed by atoms with Crippen LogP contribution in [0.2, 0.25) is 0 Å². The van der Waals surface area contributed by atoms with Crippen LogP contribution in [0.3, 0.4) is 0 Å². The number of hydrogen-bond donors (Lipinski definition) is 1. The van der Waals surface area contributed by atoms with Gasteiger partial charge in [0.2, 0.25) is 0 Å². The Labute approximate surface area is 100 Å². The zero-order chi connectivity index (χ0) is 12.7. The second kappa shape index (κ2) is 6.33. The van der Waals surface area contributed by atoms with E-state index in [1.54, 1.807) is 25.1 Å². The van der Waals surface area contributed by atoms with Crippen molar-refractivity contribution in [2.45, 2.75) is 25.4 Å². The molecular weight excluding hydrogens is 221 g/mol. The maximum Gasteiger partial charge on any atom is 0.155 e. The van der Waals surface area contributed by atoms with Crippen LogP contribution in [-0.4, -0.2) is 23.9 Å². The summed E-state index contributed by atoms with van der Waals surface area (Å²) in [5.74, 6) is -0.334. The number of nitriles is 1. The van der Waals surface area contributed by atoms with E-state index >= 15 is 0 Å². The fourth-order valence-corrected chi connectivity index (χ4v) is 1.49. The van der Waals surface area contributed by atoms with Crippen LogP contribution < -0.4 is 0 Å². The number of aliphatic hydroxyl groups is 1. The highest BCUT2D eigenvalue weighted by Gasteiger charge is 2.26. The molecule has 4 heteroatoms. The lowest BCUT2D eigenvalue weighted by Crippen LogP contribution is -2.30. The van der Waals surface area contributed by atoms with E-state index in [1.807, 2.05) is 6.07 Å². The summed E-state index contributed by atoms with van der Waals surface area (Å²) < 4.78 is 18.8. The molecule has 0 heterocycles. The minimum absolute atomic E-state index is 0.0151. The van der Waals surface area contributed by atoms with Crippen LogP contribution in [0.1, 0.15) is 18.9 Å². The molecule has 0 aromatic heterocycles. The molecule has 3 nitrogen and oxygen atoms in total. The number of aliphatic hydroxyl groups excluding tert-OH is 1. The molecule has 0 aliphatic heterocycles. The Hall–Kier alpha value is -1.44. The van der Waals surface area contributed by atoms with Gasteiger partial charge < -0.3 is 9.84 Å². The van der Waals surface area contributed by atoms with Crippen molar-refractivity contribution < 1.29 is 14.2 Å². The van der Waals surface area contributed by atoms with Crippen molar-refractivity contribution in [3.63, 3.8) is 0 Å². The molecule has 92 valence electrons. The van der Waals surface area contributed by atoms with Crippen molar-refractivity contribution in [2.75, 3.05) is 13.2 Å². The molecule has 0 radical (unpaired) electrons. The van der Waals surface area contributed by atoms with Crippen molar-refractivity contribution in [3.05, 3.63) is 35.6 Å². The molecule has 0 saturated carbocycles. The van der Waals surface area contributed by atoms with Crippen LogP contribution in [0.25, 0.3) is 0 Å². The highest BCUT2D eigenvalue weighted by atomic mass is 19.1. The first kappa shape index (κ1) is 13.6. The Kier molecular flexibility index (Phi) is 5.08. The Bertz CT molecular complexity index is 403. The molecule has 0 spiro atoms. The van der Waals surface area contributed by atoms with Gasteiger partial charge in [0, 0.05) is 13.0 Å². The van der Waals surface area contributed by atoms with Gasteiger partial charge in [-0.2, -0.15) is 5.26 Å². The van der Waals surface area contributed by atoms with E-state index < -0.39 is 5.60 Å². The predicted molar refractivity (Wildman–Crippen MR) is 61.8 cm³/mol. The summed E-state index contributed by atoms with van der Waals surface area (Å²) in [4.78, 5) is 0. The molecule has 1 N–H and O–H groups in total. The third kappa shape index (κ3) is 4.14. The summed E-state index contributed by atoms with van der Waals surface area (Å²) in [6, 6.07) is 8.38. The molecule has 0 aliphatic rings. The van der Waals surface area contributed by atoms with E-state index in [0.29, 0.717) is 12.0 Å². The van der Waals surface area contributed by atoms with E-state index in [1.165, 1.54) is 6.07 Å².